The molecule has 0 rings (SSSR count). The number of amides is 1. The van der Waals surface area contributed by atoms with Crippen LogP contribution in [0.15, 0.2) is 36.5 Å². The molecule has 0 radical (unpaired) electrons. The van der Waals surface area contributed by atoms with Gasteiger partial charge in [-0.1, -0.05) is 346 Å². The zero-order chi connectivity index (χ0) is 59.8. The molecule has 82 heavy (non-hydrogen) atoms. The molecule has 0 aromatic rings. The second-order valence-electron chi connectivity index (χ2n) is 26.3. The molecule has 2 N–H and O–H groups in total. The summed E-state index contributed by atoms with van der Waals surface area (Å²) < 4.78 is 23.4. The standard InChI is InChI=1S/C73H143N2O6P/c1-6-8-10-12-14-16-18-20-22-24-26-28-30-32-33-34-35-36-37-38-39-40-41-43-45-47-49-51-53-55-57-59-61-63-65-67-73(77)74-71(70-81-82(78,79)80-69-68-75(3,4)5)72(76)66-64-62-60-58-56-54-52-50-48-46-44-42-31-29-27-25-23-21-19-17-15-13-11-9-7-2/h34-35,56,58,64,66,71-72,76H,6-33,36-55,57,59-63,65,67-70H2,1-5H3,(H-,74,77,78,79)/b35-34-,58-56+,66-64+. The number of hydrogen-bond acceptors (Lipinski definition) is 6. The van der Waals surface area contributed by atoms with E-state index >= 15 is 0 Å². The van der Waals surface area contributed by atoms with Crippen molar-refractivity contribution in [1.29, 1.82) is 0 Å². The van der Waals surface area contributed by atoms with E-state index in [4.69, 9.17) is 9.05 Å². The molecule has 0 fully saturated rings. The highest BCUT2D eigenvalue weighted by molar-refractivity contribution is 7.45. The number of unbranched alkanes of at least 4 members (excludes halogenated alkanes) is 51. The van der Waals surface area contributed by atoms with E-state index in [9.17, 15) is 19.4 Å². The molecule has 0 spiro atoms. The van der Waals surface area contributed by atoms with Crippen LogP contribution in [-0.2, 0) is 18.4 Å². The number of carbonyl (C=O) groups excluding carboxylic acids is 1. The Balaban J connectivity index is 4.02. The average Bonchev–Trinajstić information content (AvgIpc) is 3.45. The third-order valence-electron chi connectivity index (χ3n) is 16.8. The Kier molecular flexibility index (Phi) is 63.2. The van der Waals surface area contributed by atoms with Crippen molar-refractivity contribution in [2.75, 3.05) is 40.9 Å². The zero-order valence-electron chi connectivity index (χ0n) is 55.7. The van der Waals surface area contributed by atoms with Gasteiger partial charge in [0, 0.05) is 6.42 Å². The highest BCUT2D eigenvalue weighted by atomic mass is 31.2. The second kappa shape index (κ2) is 64.2. The van der Waals surface area contributed by atoms with Gasteiger partial charge in [0.2, 0.25) is 5.91 Å². The first kappa shape index (κ1) is 80.7. The molecule has 1 amide bonds. The van der Waals surface area contributed by atoms with Crippen LogP contribution in [0.3, 0.4) is 0 Å². The number of nitrogens with zero attached hydrogens (tertiary/aromatic N) is 1. The van der Waals surface area contributed by atoms with Gasteiger partial charge in [-0.15, -0.1) is 0 Å². The summed E-state index contributed by atoms with van der Waals surface area (Å²) >= 11 is 0. The molecule has 0 saturated heterocycles. The van der Waals surface area contributed by atoms with Crippen molar-refractivity contribution < 1.29 is 32.9 Å². The predicted molar refractivity (Wildman–Crippen MR) is 358 cm³/mol. The first-order valence-corrected chi connectivity index (χ1v) is 37.8. The SMILES string of the molecule is CCCCCCCCCCCCCCCC/C=C\CCCCCCCCCCCCCCCCCCCC(=O)NC(COP(=O)([O-])OCC[N+](C)(C)C)C(O)/C=C/CC/C=C/CCCCCCCCCCCCCCCCCCCCC. The summed E-state index contributed by atoms with van der Waals surface area (Å²) in [7, 11) is 1.26. The van der Waals surface area contributed by atoms with Crippen molar-refractivity contribution in [1.82, 2.24) is 5.32 Å². The number of phosphoric ester groups is 1. The fraction of sp³-hybridized carbons (Fsp3) is 0.904. The summed E-state index contributed by atoms with van der Waals surface area (Å²) in [6.45, 7) is 4.69. The topological polar surface area (TPSA) is 108 Å². The van der Waals surface area contributed by atoms with Crippen molar-refractivity contribution in [2.24, 2.45) is 0 Å². The Morgan fingerprint density at radius 3 is 0.988 bits per heavy atom. The van der Waals surface area contributed by atoms with Gasteiger partial charge < -0.3 is 28.8 Å². The molecular formula is C73H143N2O6P. The summed E-state index contributed by atoms with van der Waals surface area (Å²) in [6.07, 6.45) is 85.8. The van der Waals surface area contributed by atoms with Crippen LogP contribution in [0, 0.1) is 0 Å². The largest absolute Gasteiger partial charge is 0.756 e. The lowest BCUT2D eigenvalue weighted by Gasteiger charge is -2.29. The quantitative estimate of drug-likeness (QED) is 0.0272. The third kappa shape index (κ3) is 66.2. The summed E-state index contributed by atoms with van der Waals surface area (Å²) in [6, 6.07) is -0.904. The van der Waals surface area contributed by atoms with Crippen LogP contribution in [0.25, 0.3) is 0 Å². The van der Waals surface area contributed by atoms with Gasteiger partial charge in [-0.2, -0.15) is 0 Å². The van der Waals surface area contributed by atoms with Crippen molar-refractivity contribution in [3.8, 4) is 0 Å². The van der Waals surface area contributed by atoms with Crippen molar-refractivity contribution in [2.45, 2.75) is 386 Å². The zero-order valence-corrected chi connectivity index (χ0v) is 56.6. The Bertz CT molecular complexity index is 1430. The molecule has 0 aliphatic heterocycles. The highest BCUT2D eigenvalue weighted by Crippen LogP contribution is 2.38. The van der Waals surface area contributed by atoms with Crippen LogP contribution >= 0.6 is 7.82 Å². The Morgan fingerprint density at radius 2 is 0.683 bits per heavy atom. The summed E-state index contributed by atoms with van der Waals surface area (Å²) in [5.74, 6) is -0.200. The molecule has 486 valence electrons. The number of rotatable bonds is 68. The Morgan fingerprint density at radius 1 is 0.415 bits per heavy atom. The molecule has 0 bridgehead atoms. The smallest absolute Gasteiger partial charge is 0.268 e. The van der Waals surface area contributed by atoms with E-state index in [0.29, 0.717) is 17.4 Å². The van der Waals surface area contributed by atoms with E-state index < -0.39 is 20.0 Å². The van der Waals surface area contributed by atoms with Crippen LogP contribution in [0.1, 0.15) is 373 Å². The summed E-state index contributed by atoms with van der Waals surface area (Å²) in [4.78, 5) is 25.6. The number of hydrogen-bond donors (Lipinski definition) is 2. The molecule has 8 nitrogen and oxygen atoms in total. The number of allylic oxidation sites excluding steroid dienone is 5. The summed E-state index contributed by atoms with van der Waals surface area (Å²) in [5.41, 5.74) is 0. The molecular weight excluding hydrogens is 1030 g/mol. The van der Waals surface area contributed by atoms with Gasteiger partial charge in [-0.3, -0.25) is 9.36 Å². The van der Waals surface area contributed by atoms with Crippen LogP contribution in [0.4, 0.5) is 0 Å². The van der Waals surface area contributed by atoms with Gasteiger partial charge >= 0.3 is 0 Å². The van der Waals surface area contributed by atoms with Crippen molar-refractivity contribution >= 4 is 13.7 Å². The lowest BCUT2D eigenvalue weighted by atomic mass is 10.0. The van der Waals surface area contributed by atoms with Crippen LogP contribution in [0.2, 0.25) is 0 Å². The molecule has 0 aliphatic rings. The van der Waals surface area contributed by atoms with Crippen LogP contribution in [0.5, 0.6) is 0 Å². The first-order chi connectivity index (χ1) is 40.0. The Hall–Kier alpha value is -1.28. The maximum absolute atomic E-state index is 13.0. The first-order valence-electron chi connectivity index (χ1n) is 36.4. The van der Waals surface area contributed by atoms with Crippen molar-refractivity contribution in [3.63, 3.8) is 0 Å². The van der Waals surface area contributed by atoms with E-state index in [2.05, 4.69) is 43.5 Å². The number of phosphoric acid groups is 1. The maximum atomic E-state index is 13.0. The van der Waals surface area contributed by atoms with E-state index in [1.807, 2.05) is 27.2 Å². The van der Waals surface area contributed by atoms with Crippen LogP contribution < -0.4 is 10.2 Å². The minimum atomic E-state index is -4.61. The van der Waals surface area contributed by atoms with Gasteiger partial charge in [0.15, 0.2) is 0 Å². The molecule has 0 aromatic heterocycles. The number of likely N-dealkylation sites (N-methyl/N-ethyl adjacent to an activating group) is 1. The maximum Gasteiger partial charge on any atom is 0.268 e. The van der Waals surface area contributed by atoms with Gasteiger partial charge in [-0.25, -0.2) is 0 Å². The number of quaternary nitrogens is 1. The summed E-state index contributed by atoms with van der Waals surface area (Å²) in [5, 5.41) is 13.9. The van der Waals surface area contributed by atoms with Gasteiger partial charge in [0.25, 0.3) is 7.82 Å². The highest BCUT2D eigenvalue weighted by Gasteiger charge is 2.23. The lowest BCUT2D eigenvalue weighted by molar-refractivity contribution is -0.870. The third-order valence-corrected chi connectivity index (χ3v) is 17.8. The van der Waals surface area contributed by atoms with Gasteiger partial charge in [-0.05, 0) is 57.8 Å². The normalized spacial score (nSPS) is 13.8. The second-order valence-corrected chi connectivity index (χ2v) is 27.7. The van der Waals surface area contributed by atoms with E-state index in [-0.39, 0.29) is 19.1 Å². The number of aliphatic hydroxyl groups is 1. The van der Waals surface area contributed by atoms with Gasteiger partial charge in [0.1, 0.15) is 13.2 Å². The Labute approximate surface area is 512 Å². The van der Waals surface area contributed by atoms with E-state index in [1.165, 1.54) is 315 Å². The molecule has 0 aliphatic carbocycles. The predicted octanol–water partition coefficient (Wildman–Crippen LogP) is 22.6. The molecule has 9 heteroatoms. The molecule has 3 unspecified atom stereocenters. The fourth-order valence-corrected chi connectivity index (χ4v) is 11.9. The van der Waals surface area contributed by atoms with E-state index in [1.54, 1.807) is 6.08 Å². The minimum absolute atomic E-state index is 0.00461. The van der Waals surface area contributed by atoms with Crippen LogP contribution in [-0.4, -0.2) is 68.5 Å². The monoisotopic (exact) mass is 1180 g/mol. The van der Waals surface area contributed by atoms with Gasteiger partial charge in [0.05, 0.1) is 39.9 Å². The van der Waals surface area contributed by atoms with E-state index in [0.717, 1.165) is 38.5 Å². The molecule has 0 saturated carbocycles. The number of aliphatic hydroxyl groups excluding tert-OH is 1. The number of carbonyl (C=O) groups is 1. The number of nitrogens with one attached hydrogen (secondary N) is 1. The lowest BCUT2D eigenvalue weighted by Crippen LogP contribution is -2.45. The average molecular weight is 1180 g/mol. The minimum Gasteiger partial charge on any atom is -0.756 e. The molecule has 3 atom stereocenters. The van der Waals surface area contributed by atoms with Crippen molar-refractivity contribution in [3.05, 3.63) is 36.5 Å². The molecule has 0 heterocycles. The fourth-order valence-electron chi connectivity index (χ4n) is 11.2. The molecule has 0 aromatic carbocycles.